The highest BCUT2D eigenvalue weighted by Crippen LogP contribution is 2.54. The van der Waals surface area contributed by atoms with Gasteiger partial charge in [-0.2, -0.15) is 0 Å². The van der Waals surface area contributed by atoms with E-state index in [0.717, 1.165) is 66.5 Å². The molecule has 3 fully saturated rings. The number of imide groups is 1. The van der Waals surface area contributed by atoms with Gasteiger partial charge in [0.05, 0.1) is 11.8 Å². The fourth-order valence-electron chi connectivity index (χ4n) is 7.06. The van der Waals surface area contributed by atoms with Crippen LogP contribution in [0.2, 0.25) is 0 Å². The average molecular weight is 472 g/mol. The number of amides is 3. The Bertz CT molecular complexity index is 1200. The van der Waals surface area contributed by atoms with Gasteiger partial charge in [-0.1, -0.05) is 68.1 Å². The van der Waals surface area contributed by atoms with Gasteiger partial charge in [0.2, 0.25) is 17.7 Å². The highest BCUT2D eigenvalue weighted by Gasteiger charge is 2.70. The minimum absolute atomic E-state index is 0.0544. The van der Waals surface area contributed by atoms with Crippen LogP contribution >= 0.6 is 0 Å². The maximum absolute atomic E-state index is 14.2. The molecule has 182 valence electrons. The number of likely N-dealkylation sites (tertiary alicyclic amines) is 1. The summed E-state index contributed by atoms with van der Waals surface area (Å²) in [6.07, 6.45) is 6.69. The average Bonchev–Trinajstić information content (AvgIpc) is 3.31. The molecule has 2 aromatic carbocycles. The third kappa shape index (κ3) is 3.22. The third-order valence-electron chi connectivity index (χ3n) is 8.94. The zero-order valence-corrected chi connectivity index (χ0v) is 20.5. The summed E-state index contributed by atoms with van der Waals surface area (Å²) in [7, 11) is 0. The molecule has 2 saturated heterocycles. The molecule has 4 aliphatic rings. The second-order valence-electron chi connectivity index (χ2n) is 10.8. The van der Waals surface area contributed by atoms with Crippen LogP contribution in [0.3, 0.4) is 0 Å². The predicted molar refractivity (Wildman–Crippen MR) is 134 cm³/mol. The number of nitrogens with one attached hydrogen (secondary N) is 2. The number of hydrogen-bond acceptors (Lipinski definition) is 4. The Balaban J connectivity index is 1.47. The maximum atomic E-state index is 14.2. The molecule has 35 heavy (non-hydrogen) atoms. The smallest absolute Gasteiger partial charge is 0.250 e. The van der Waals surface area contributed by atoms with Crippen molar-refractivity contribution in [2.75, 3.05) is 5.32 Å². The number of anilines is 1. The molecule has 3 amide bonds. The van der Waals surface area contributed by atoms with Crippen LogP contribution in [0.15, 0.2) is 42.5 Å². The van der Waals surface area contributed by atoms with Crippen LogP contribution < -0.4 is 10.6 Å². The van der Waals surface area contributed by atoms with Crippen molar-refractivity contribution in [3.63, 3.8) is 0 Å². The predicted octanol–water partition coefficient (Wildman–Crippen LogP) is 3.99. The molecule has 0 aromatic heterocycles. The largest absolute Gasteiger partial charge is 0.324 e. The van der Waals surface area contributed by atoms with E-state index in [1.807, 2.05) is 56.3 Å². The molecule has 6 heteroatoms. The fourth-order valence-corrected chi connectivity index (χ4v) is 7.06. The highest BCUT2D eigenvalue weighted by molar-refractivity contribution is 6.15. The Morgan fingerprint density at radius 3 is 2.34 bits per heavy atom. The SMILES string of the molecule is Cc1ccc2c(c1C)NC(=O)C21NC(Cc2ccccc2)[C@H]2C(=O)N(C3CCCCCC3)C(=O)[C@H]21. The van der Waals surface area contributed by atoms with Crippen molar-refractivity contribution in [2.45, 2.75) is 76.4 Å². The molecule has 2 N–H and O–H groups in total. The van der Waals surface area contributed by atoms with E-state index in [1.165, 1.54) is 0 Å². The summed E-state index contributed by atoms with van der Waals surface area (Å²) in [4.78, 5) is 43.6. The Labute approximate surface area is 206 Å². The monoisotopic (exact) mass is 471 g/mol. The van der Waals surface area contributed by atoms with E-state index in [9.17, 15) is 14.4 Å². The topological polar surface area (TPSA) is 78.5 Å². The first-order chi connectivity index (χ1) is 16.9. The molecule has 3 aliphatic heterocycles. The second-order valence-corrected chi connectivity index (χ2v) is 10.8. The van der Waals surface area contributed by atoms with Crippen molar-refractivity contribution in [1.82, 2.24) is 10.2 Å². The van der Waals surface area contributed by atoms with Crippen molar-refractivity contribution in [3.8, 4) is 0 Å². The fraction of sp³-hybridized carbons (Fsp3) is 0.483. The van der Waals surface area contributed by atoms with Crippen LogP contribution in [0.5, 0.6) is 0 Å². The van der Waals surface area contributed by atoms with Gasteiger partial charge in [0.15, 0.2) is 0 Å². The van der Waals surface area contributed by atoms with Gasteiger partial charge in [-0.3, -0.25) is 24.6 Å². The normalized spacial score (nSPS) is 30.5. The standard InChI is InChI=1S/C29H33N3O3/c1-17-14-15-21-25(18(17)2)30-28(35)29(21)24-23(22(31-29)16-19-10-6-5-7-11-19)26(33)32(27(24)34)20-12-8-3-4-9-13-20/h5-7,10-11,14-15,20,22-24,31H,3-4,8-9,12-13,16H2,1-2H3,(H,30,35)/t22?,23-,24+,29?/m1/s1. The summed E-state index contributed by atoms with van der Waals surface area (Å²) >= 11 is 0. The van der Waals surface area contributed by atoms with E-state index in [2.05, 4.69) is 10.6 Å². The molecule has 2 unspecified atom stereocenters. The van der Waals surface area contributed by atoms with Crippen molar-refractivity contribution in [1.29, 1.82) is 0 Å². The first kappa shape index (κ1) is 22.5. The number of aryl methyl sites for hydroxylation is 1. The van der Waals surface area contributed by atoms with E-state index in [-0.39, 0.29) is 29.8 Å². The lowest BCUT2D eigenvalue weighted by molar-refractivity contribution is -0.145. The summed E-state index contributed by atoms with van der Waals surface area (Å²) in [5.41, 5.74) is 3.56. The molecule has 0 bridgehead atoms. The zero-order valence-electron chi connectivity index (χ0n) is 20.5. The minimum Gasteiger partial charge on any atom is -0.324 e. The lowest BCUT2D eigenvalue weighted by Crippen LogP contribution is -2.54. The Hall–Kier alpha value is -2.99. The van der Waals surface area contributed by atoms with Crippen molar-refractivity contribution >= 4 is 23.4 Å². The van der Waals surface area contributed by atoms with Gasteiger partial charge in [0.1, 0.15) is 5.54 Å². The molecular formula is C29H33N3O3. The van der Waals surface area contributed by atoms with Crippen molar-refractivity contribution < 1.29 is 14.4 Å². The summed E-state index contributed by atoms with van der Waals surface area (Å²) < 4.78 is 0. The number of nitrogens with zero attached hydrogens (tertiary/aromatic N) is 1. The second kappa shape index (κ2) is 8.30. The van der Waals surface area contributed by atoms with E-state index in [0.29, 0.717) is 6.42 Å². The zero-order chi connectivity index (χ0) is 24.3. The molecular weight excluding hydrogens is 438 g/mol. The molecule has 2 aromatic rings. The molecule has 1 aliphatic carbocycles. The number of carbonyl (C=O) groups excluding carboxylic acids is 3. The lowest BCUT2D eigenvalue weighted by Gasteiger charge is -2.32. The van der Waals surface area contributed by atoms with E-state index in [1.54, 1.807) is 4.90 Å². The van der Waals surface area contributed by atoms with Gasteiger partial charge in [-0.25, -0.2) is 0 Å². The molecule has 1 spiro atoms. The number of carbonyl (C=O) groups is 3. The maximum Gasteiger partial charge on any atom is 0.250 e. The Morgan fingerprint density at radius 1 is 0.914 bits per heavy atom. The van der Waals surface area contributed by atoms with Crippen LogP contribution in [0, 0.1) is 25.7 Å². The molecule has 1 saturated carbocycles. The van der Waals surface area contributed by atoms with Gasteiger partial charge in [-0.05, 0) is 49.8 Å². The van der Waals surface area contributed by atoms with Gasteiger partial charge < -0.3 is 5.32 Å². The minimum atomic E-state index is -1.22. The summed E-state index contributed by atoms with van der Waals surface area (Å²) in [6.45, 7) is 4.02. The van der Waals surface area contributed by atoms with Crippen LogP contribution in [0.25, 0.3) is 0 Å². The lowest BCUT2D eigenvalue weighted by atomic mass is 9.75. The van der Waals surface area contributed by atoms with Gasteiger partial charge in [-0.15, -0.1) is 0 Å². The van der Waals surface area contributed by atoms with E-state index in [4.69, 9.17) is 0 Å². The van der Waals surface area contributed by atoms with Gasteiger partial charge >= 0.3 is 0 Å². The van der Waals surface area contributed by atoms with Crippen molar-refractivity contribution in [3.05, 3.63) is 64.7 Å². The molecule has 6 nitrogen and oxygen atoms in total. The van der Waals surface area contributed by atoms with E-state index >= 15 is 0 Å². The van der Waals surface area contributed by atoms with Crippen molar-refractivity contribution in [2.24, 2.45) is 11.8 Å². The molecule has 6 rings (SSSR count). The molecule has 3 heterocycles. The third-order valence-corrected chi connectivity index (χ3v) is 8.94. The number of rotatable bonds is 3. The summed E-state index contributed by atoms with van der Waals surface area (Å²) in [5, 5.41) is 6.68. The quantitative estimate of drug-likeness (QED) is 0.524. The Morgan fingerprint density at radius 2 is 1.63 bits per heavy atom. The van der Waals surface area contributed by atoms with Crippen LogP contribution in [0.4, 0.5) is 5.69 Å². The summed E-state index contributed by atoms with van der Waals surface area (Å²) in [5.74, 6) is -1.76. The van der Waals surface area contributed by atoms with E-state index < -0.39 is 17.4 Å². The molecule has 4 atom stereocenters. The number of fused-ring (bicyclic) bond motifs is 4. The Kier molecular flexibility index (Phi) is 5.33. The van der Waals surface area contributed by atoms with Gasteiger partial charge in [0.25, 0.3) is 0 Å². The number of benzene rings is 2. The first-order valence-electron chi connectivity index (χ1n) is 13.0. The van der Waals surface area contributed by atoms with Gasteiger partial charge in [0, 0.05) is 23.3 Å². The summed E-state index contributed by atoms with van der Waals surface area (Å²) in [6, 6.07) is 13.7. The first-order valence-corrected chi connectivity index (χ1v) is 13.0. The number of hydrogen-bond donors (Lipinski definition) is 2. The van der Waals surface area contributed by atoms with Crippen LogP contribution in [-0.2, 0) is 26.3 Å². The van der Waals surface area contributed by atoms with Crippen LogP contribution in [0.1, 0.15) is 60.8 Å². The molecule has 0 radical (unpaired) electrons. The van der Waals surface area contributed by atoms with Crippen LogP contribution in [-0.4, -0.2) is 34.7 Å². The highest BCUT2D eigenvalue weighted by atomic mass is 16.2.